The molecular weight excluding hydrogens is 831 g/mol. The Hall–Kier alpha value is -2.43. The third kappa shape index (κ3) is 54.5. The van der Waals surface area contributed by atoms with Gasteiger partial charge in [-0.05, 0) is 70.6 Å². The third-order valence-electron chi connectivity index (χ3n) is 13.4. The molecule has 2 atom stereocenters. The Morgan fingerprint density at radius 3 is 0.971 bits per heavy atom. The van der Waals surface area contributed by atoms with E-state index in [2.05, 4.69) is 104 Å². The van der Waals surface area contributed by atoms with Crippen molar-refractivity contribution in [2.45, 2.75) is 309 Å². The van der Waals surface area contributed by atoms with E-state index < -0.39 is 12.1 Å². The minimum atomic E-state index is -0.660. The summed E-state index contributed by atoms with van der Waals surface area (Å²) in [5, 5.41) is 23.3. The van der Waals surface area contributed by atoms with Crippen LogP contribution < -0.4 is 5.32 Å². The summed E-state index contributed by atoms with van der Waals surface area (Å²) in [4.78, 5) is 12.5. The molecule has 4 heteroatoms. The minimum absolute atomic E-state index is 0.0293. The van der Waals surface area contributed by atoms with Crippen molar-refractivity contribution in [3.63, 3.8) is 0 Å². The molecule has 0 aromatic rings. The normalized spacial score (nSPS) is 13.4. The van der Waals surface area contributed by atoms with Crippen molar-refractivity contribution >= 4 is 5.91 Å². The highest BCUT2D eigenvalue weighted by Crippen LogP contribution is 2.17. The van der Waals surface area contributed by atoms with E-state index in [9.17, 15) is 15.0 Å². The van der Waals surface area contributed by atoms with Crippen LogP contribution in [0.2, 0.25) is 0 Å². The molecule has 4 nitrogen and oxygen atoms in total. The van der Waals surface area contributed by atoms with Crippen molar-refractivity contribution in [1.82, 2.24) is 5.32 Å². The van der Waals surface area contributed by atoms with Gasteiger partial charge in [-0.1, -0.05) is 304 Å². The summed E-state index contributed by atoms with van der Waals surface area (Å²) >= 11 is 0. The van der Waals surface area contributed by atoms with Crippen molar-refractivity contribution in [3.05, 3.63) is 85.1 Å². The number of aliphatic hydroxyl groups excluding tert-OH is 2. The standard InChI is InChI=1S/C64H115NO3/c1-3-5-7-9-11-13-15-17-19-20-21-22-23-24-25-26-27-28-29-30-31-32-33-34-35-36-37-38-39-40-41-42-43-44-46-48-50-52-54-56-58-60-64(68)65-62(61-66)63(67)59-57-55-53-51-49-47-45-18-16-14-12-10-8-6-4-2/h5,7,11,13,17,19,21-22,24-25,27-28,30-31,62-63,66-67H,3-4,6,8-10,12,14-16,18,20,23,26,29,32-61H2,1-2H3,(H,65,68)/b7-5-,13-11-,19-17-,22-21-,25-24-,28-27-,31-30-. The highest BCUT2D eigenvalue weighted by molar-refractivity contribution is 5.76. The van der Waals surface area contributed by atoms with Crippen LogP contribution in [0.3, 0.4) is 0 Å². The molecule has 0 radical (unpaired) electrons. The number of rotatable bonds is 54. The van der Waals surface area contributed by atoms with Crippen molar-refractivity contribution in [3.8, 4) is 0 Å². The molecule has 0 fully saturated rings. The summed E-state index contributed by atoms with van der Waals surface area (Å²) in [5.41, 5.74) is 0. The fraction of sp³-hybridized carbons (Fsp3) is 0.766. The van der Waals surface area contributed by atoms with Gasteiger partial charge < -0.3 is 15.5 Å². The molecule has 0 aromatic heterocycles. The van der Waals surface area contributed by atoms with Gasteiger partial charge in [0.1, 0.15) is 0 Å². The summed E-state index contributed by atoms with van der Waals surface area (Å²) < 4.78 is 0. The highest BCUT2D eigenvalue weighted by atomic mass is 16.3. The molecule has 3 N–H and O–H groups in total. The molecule has 0 saturated carbocycles. The lowest BCUT2D eigenvalue weighted by Gasteiger charge is -2.22. The van der Waals surface area contributed by atoms with E-state index in [1.165, 1.54) is 199 Å². The van der Waals surface area contributed by atoms with E-state index in [1.54, 1.807) is 0 Å². The lowest BCUT2D eigenvalue weighted by molar-refractivity contribution is -0.123. The Balaban J connectivity index is 3.45. The van der Waals surface area contributed by atoms with E-state index in [1.807, 2.05) is 0 Å². The fourth-order valence-corrected chi connectivity index (χ4v) is 8.93. The first-order chi connectivity index (χ1) is 33.7. The molecule has 1 amide bonds. The quantitative estimate of drug-likeness (QED) is 0.0420. The van der Waals surface area contributed by atoms with Crippen molar-refractivity contribution in [2.75, 3.05) is 6.61 Å². The topological polar surface area (TPSA) is 69.6 Å². The predicted molar refractivity (Wildman–Crippen MR) is 303 cm³/mol. The second-order valence-corrected chi connectivity index (χ2v) is 20.0. The van der Waals surface area contributed by atoms with Gasteiger partial charge in [0.2, 0.25) is 5.91 Å². The van der Waals surface area contributed by atoms with Gasteiger partial charge in [-0.2, -0.15) is 0 Å². The summed E-state index contributed by atoms with van der Waals surface area (Å²) in [5.74, 6) is -0.0293. The second-order valence-electron chi connectivity index (χ2n) is 20.0. The number of unbranched alkanes of at least 4 members (excludes halogenated alkanes) is 33. The Morgan fingerprint density at radius 2 is 0.647 bits per heavy atom. The van der Waals surface area contributed by atoms with Crippen LogP contribution in [0.1, 0.15) is 296 Å². The van der Waals surface area contributed by atoms with Gasteiger partial charge >= 0.3 is 0 Å². The monoisotopic (exact) mass is 946 g/mol. The van der Waals surface area contributed by atoms with E-state index in [-0.39, 0.29) is 12.5 Å². The number of hydrogen-bond acceptors (Lipinski definition) is 3. The number of amides is 1. The highest BCUT2D eigenvalue weighted by Gasteiger charge is 2.20. The first-order valence-electron chi connectivity index (χ1n) is 29.8. The zero-order valence-electron chi connectivity index (χ0n) is 45.4. The third-order valence-corrected chi connectivity index (χ3v) is 13.4. The largest absolute Gasteiger partial charge is 0.394 e. The van der Waals surface area contributed by atoms with Crippen LogP contribution in [0.4, 0.5) is 0 Å². The van der Waals surface area contributed by atoms with Crippen LogP contribution in [0, 0.1) is 0 Å². The maximum atomic E-state index is 12.5. The molecule has 0 heterocycles. The average Bonchev–Trinajstić information content (AvgIpc) is 3.34. The number of nitrogens with one attached hydrogen (secondary N) is 1. The predicted octanol–water partition coefficient (Wildman–Crippen LogP) is 19.9. The van der Waals surface area contributed by atoms with E-state index in [0.717, 1.165) is 70.6 Å². The van der Waals surface area contributed by atoms with Gasteiger partial charge in [-0.3, -0.25) is 4.79 Å². The lowest BCUT2D eigenvalue weighted by atomic mass is 10.0. The molecular formula is C64H115NO3. The molecule has 394 valence electrons. The second kappa shape index (κ2) is 58.9. The number of aliphatic hydroxyl groups is 2. The molecule has 0 aliphatic carbocycles. The van der Waals surface area contributed by atoms with Crippen molar-refractivity contribution in [1.29, 1.82) is 0 Å². The van der Waals surface area contributed by atoms with Gasteiger partial charge in [0.15, 0.2) is 0 Å². The van der Waals surface area contributed by atoms with Crippen LogP contribution in [-0.2, 0) is 4.79 Å². The van der Waals surface area contributed by atoms with Crippen LogP contribution in [0.5, 0.6) is 0 Å². The molecule has 0 aliphatic heterocycles. The average molecular weight is 947 g/mol. The van der Waals surface area contributed by atoms with Gasteiger partial charge in [0.05, 0.1) is 18.8 Å². The van der Waals surface area contributed by atoms with Gasteiger partial charge in [-0.25, -0.2) is 0 Å². The van der Waals surface area contributed by atoms with Crippen LogP contribution in [0.25, 0.3) is 0 Å². The Kier molecular flexibility index (Phi) is 56.8. The van der Waals surface area contributed by atoms with Crippen molar-refractivity contribution < 1.29 is 15.0 Å². The fourth-order valence-electron chi connectivity index (χ4n) is 8.93. The molecule has 0 saturated heterocycles. The van der Waals surface area contributed by atoms with E-state index in [4.69, 9.17) is 0 Å². The molecule has 2 unspecified atom stereocenters. The molecule has 68 heavy (non-hydrogen) atoms. The zero-order valence-corrected chi connectivity index (χ0v) is 45.4. The number of hydrogen-bond donors (Lipinski definition) is 3. The zero-order chi connectivity index (χ0) is 49.2. The Morgan fingerprint density at radius 1 is 0.368 bits per heavy atom. The minimum Gasteiger partial charge on any atom is -0.394 e. The molecule has 0 aromatic carbocycles. The molecule has 0 bridgehead atoms. The smallest absolute Gasteiger partial charge is 0.220 e. The maximum Gasteiger partial charge on any atom is 0.220 e. The number of allylic oxidation sites excluding steroid dienone is 14. The van der Waals surface area contributed by atoms with Gasteiger partial charge in [-0.15, -0.1) is 0 Å². The SMILES string of the molecule is CC/C=C\C/C=C\C/C=C\C/C=C\C/C=C\C/C=C\C/C=C\CCCCCCCCCCCCCCCCCCCCCC(=O)NC(CO)C(O)CCCCCCCCCCCCCCCCC. The molecule has 0 aliphatic rings. The Bertz CT molecular complexity index is 1210. The summed E-state index contributed by atoms with van der Waals surface area (Å²) in [6, 6.07) is -0.537. The number of carbonyl (C=O) groups is 1. The first-order valence-corrected chi connectivity index (χ1v) is 29.8. The number of carbonyl (C=O) groups excluding carboxylic acids is 1. The summed E-state index contributed by atoms with van der Waals surface area (Å²) in [6.07, 6.45) is 85.9. The van der Waals surface area contributed by atoms with Crippen molar-refractivity contribution in [2.24, 2.45) is 0 Å². The van der Waals surface area contributed by atoms with E-state index >= 15 is 0 Å². The van der Waals surface area contributed by atoms with Crippen LogP contribution in [0.15, 0.2) is 85.1 Å². The Labute approximate surface area is 424 Å². The van der Waals surface area contributed by atoms with Crippen LogP contribution >= 0.6 is 0 Å². The molecule has 0 spiro atoms. The van der Waals surface area contributed by atoms with Crippen LogP contribution in [-0.4, -0.2) is 34.9 Å². The van der Waals surface area contributed by atoms with E-state index in [0.29, 0.717) is 12.8 Å². The lowest BCUT2D eigenvalue weighted by Crippen LogP contribution is -2.45. The summed E-state index contributed by atoms with van der Waals surface area (Å²) in [7, 11) is 0. The maximum absolute atomic E-state index is 12.5. The molecule has 0 rings (SSSR count). The first kappa shape index (κ1) is 65.6. The van der Waals surface area contributed by atoms with Gasteiger partial charge in [0, 0.05) is 6.42 Å². The van der Waals surface area contributed by atoms with Gasteiger partial charge in [0.25, 0.3) is 0 Å². The summed E-state index contributed by atoms with van der Waals surface area (Å²) in [6.45, 7) is 4.26.